The second-order valence-electron chi connectivity index (χ2n) is 4.27. The lowest BCUT2D eigenvalue weighted by Gasteiger charge is -2.09. The molecule has 1 N–H and O–H groups in total. The summed E-state index contributed by atoms with van der Waals surface area (Å²) in [5.74, 6) is -0.104. The van der Waals surface area contributed by atoms with Crippen molar-refractivity contribution < 1.29 is 8.78 Å². The summed E-state index contributed by atoms with van der Waals surface area (Å²) in [7, 11) is 0. The zero-order valence-electron chi connectivity index (χ0n) is 9.05. The third-order valence-electron chi connectivity index (χ3n) is 2.14. The van der Waals surface area contributed by atoms with Gasteiger partial charge in [-0.25, -0.2) is 8.78 Å². The van der Waals surface area contributed by atoms with Crippen LogP contribution in [0.1, 0.15) is 13.8 Å². The van der Waals surface area contributed by atoms with Crippen molar-refractivity contribution in [2.24, 2.45) is 4.99 Å². The van der Waals surface area contributed by atoms with Crippen LogP contribution in [0.5, 0.6) is 0 Å². The lowest BCUT2D eigenvalue weighted by Crippen LogP contribution is -2.15. The van der Waals surface area contributed by atoms with Crippen molar-refractivity contribution in [3.8, 4) is 0 Å². The molecule has 5 heteroatoms. The summed E-state index contributed by atoms with van der Waals surface area (Å²) < 4.78 is 26.2. The van der Waals surface area contributed by atoms with Gasteiger partial charge in [0.25, 0.3) is 0 Å². The number of aliphatic imine (C=N–C) groups is 1. The first-order valence-corrected chi connectivity index (χ1v) is 5.90. The maximum atomic E-state index is 13.3. The molecule has 2 nitrogen and oxygen atoms in total. The maximum absolute atomic E-state index is 13.3. The van der Waals surface area contributed by atoms with Crippen LogP contribution in [0.15, 0.2) is 23.2 Å². The molecule has 1 aromatic carbocycles. The predicted octanol–water partition coefficient (Wildman–Crippen LogP) is 3.26. The van der Waals surface area contributed by atoms with Gasteiger partial charge < -0.3 is 5.32 Å². The summed E-state index contributed by atoms with van der Waals surface area (Å²) in [6.45, 7) is 3.99. The number of nitrogens with zero attached hydrogens (tertiary/aromatic N) is 1. The highest BCUT2D eigenvalue weighted by Gasteiger charge is 2.25. The van der Waals surface area contributed by atoms with Crippen LogP contribution >= 0.6 is 11.8 Å². The van der Waals surface area contributed by atoms with E-state index in [9.17, 15) is 8.78 Å². The van der Waals surface area contributed by atoms with E-state index in [-0.39, 0.29) is 11.2 Å². The Morgan fingerprint density at radius 2 is 2.12 bits per heavy atom. The van der Waals surface area contributed by atoms with E-state index in [1.807, 2.05) is 13.8 Å². The van der Waals surface area contributed by atoms with Crippen molar-refractivity contribution >= 4 is 22.6 Å². The molecule has 0 saturated heterocycles. The zero-order chi connectivity index (χ0) is 11.8. The average Bonchev–Trinajstić information content (AvgIpc) is 2.52. The molecular formula is C11H12F2N2S. The van der Waals surface area contributed by atoms with Crippen molar-refractivity contribution in [2.75, 3.05) is 11.1 Å². The largest absolute Gasteiger partial charge is 0.332 e. The molecule has 0 radical (unpaired) electrons. The number of hydrogen-bond donors (Lipinski definition) is 1. The number of rotatable bonds is 1. The van der Waals surface area contributed by atoms with Crippen LogP contribution in [-0.2, 0) is 0 Å². The van der Waals surface area contributed by atoms with Gasteiger partial charge in [-0.2, -0.15) is 0 Å². The summed E-state index contributed by atoms with van der Waals surface area (Å²) in [5, 5.41) is 3.44. The molecule has 1 aromatic rings. The van der Waals surface area contributed by atoms with E-state index in [1.165, 1.54) is 11.8 Å². The van der Waals surface area contributed by atoms with E-state index in [0.717, 1.165) is 24.0 Å². The van der Waals surface area contributed by atoms with E-state index in [4.69, 9.17) is 0 Å². The molecule has 2 rings (SSSR count). The lowest BCUT2D eigenvalue weighted by atomic mass is 10.1. The molecular weight excluding hydrogens is 230 g/mol. The lowest BCUT2D eigenvalue weighted by molar-refractivity contribution is 0.601. The van der Waals surface area contributed by atoms with Crippen molar-refractivity contribution in [3.63, 3.8) is 0 Å². The van der Waals surface area contributed by atoms with E-state index < -0.39 is 11.6 Å². The van der Waals surface area contributed by atoms with Gasteiger partial charge in [0.1, 0.15) is 11.6 Å². The molecule has 0 aromatic heterocycles. The highest BCUT2D eigenvalue weighted by Crippen LogP contribution is 2.28. The van der Waals surface area contributed by atoms with Gasteiger partial charge in [-0.3, -0.25) is 4.99 Å². The van der Waals surface area contributed by atoms with Gasteiger partial charge >= 0.3 is 0 Å². The van der Waals surface area contributed by atoms with Gasteiger partial charge in [0.2, 0.25) is 0 Å². The van der Waals surface area contributed by atoms with E-state index >= 15 is 0 Å². The first-order valence-electron chi connectivity index (χ1n) is 4.91. The number of benzene rings is 1. The van der Waals surface area contributed by atoms with Gasteiger partial charge in [-0.05, 0) is 26.0 Å². The van der Waals surface area contributed by atoms with Gasteiger partial charge in [-0.1, -0.05) is 11.8 Å². The average molecular weight is 242 g/mol. The molecule has 0 bridgehead atoms. The topological polar surface area (TPSA) is 24.4 Å². The second-order valence-corrected chi connectivity index (χ2v) is 5.23. The first-order chi connectivity index (χ1) is 7.46. The Morgan fingerprint density at radius 3 is 2.75 bits per heavy atom. The Morgan fingerprint density at radius 1 is 1.38 bits per heavy atom. The Hall–Kier alpha value is -1.10. The summed E-state index contributed by atoms with van der Waals surface area (Å²) in [5.41, 5.74) is -0.0134. The Balaban J connectivity index is 2.19. The van der Waals surface area contributed by atoms with E-state index in [0.29, 0.717) is 5.17 Å². The van der Waals surface area contributed by atoms with Crippen molar-refractivity contribution in [1.82, 2.24) is 0 Å². The van der Waals surface area contributed by atoms with Crippen LogP contribution in [0.25, 0.3) is 0 Å². The number of hydrogen-bond acceptors (Lipinski definition) is 3. The molecule has 0 aliphatic carbocycles. The fourth-order valence-corrected chi connectivity index (χ4v) is 2.41. The quantitative estimate of drug-likeness (QED) is 0.817. The van der Waals surface area contributed by atoms with Gasteiger partial charge in [-0.15, -0.1) is 0 Å². The second kappa shape index (κ2) is 4.05. The monoisotopic (exact) mass is 242 g/mol. The van der Waals surface area contributed by atoms with Crippen LogP contribution in [0.3, 0.4) is 0 Å². The number of nitrogens with one attached hydrogen (secondary N) is 1. The van der Waals surface area contributed by atoms with Crippen molar-refractivity contribution in [3.05, 3.63) is 29.8 Å². The Kier molecular flexibility index (Phi) is 2.88. The van der Waals surface area contributed by atoms with Crippen LogP contribution in [0.4, 0.5) is 14.5 Å². The fourth-order valence-electron chi connectivity index (χ4n) is 1.36. The Labute approximate surface area is 97.1 Å². The first kappa shape index (κ1) is 11.4. The van der Waals surface area contributed by atoms with Crippen LogP contribution in [0.2, 0.25) is 0 Å². The highest BCUT2D eigenvalue weighted by molar-refractivity contribution is 8.14. The van der Waals surface area contributed by atoms with Gasteiger partial charge in [0, 0.05) is 11.8 Å². The molecule has 1 aliphatic heterocycles. The smallest absolute Gasteiger partial charge is 0.161 e. The van der Waals surface area contributed by atoms with Crippen molar-refractivity contribution in [2.45, 2.75) is 19.4 Å². The van der Waals surface area contributed by atoms with Gasteiger partial charge in [0.15, 0.2) is 5.17 Å². The standard InChI is InChI=1S/C11H12F2N2S/c1-11(2)6-16-10(15-11)14-9-5-7(12)3-4-8(9)13/h3-5H,6H2,1-2H3,(H,14,15). The highest BCUT2D eigenvalue weighted by atomic mass is 32.2. The van der Waals surface area contributed by atoms with E-state index in [2.05, 4.69) is 10.3 Å². The SMILES string of the molecule is CC1(C)CSC(Nc2cc(F)ccc2F)=N1. The molecule has 0 spiro atoms. The molecule has 0 atom stereocenters. The molecule has 16 heavy (non-hydrogen) atoms. The zero-order valence-corrected chi connectivity index (χ0v) is 9.87. The van der Waals surface area contributed by atoms with Crippen molar-refractivity contribution in [1.29, 1.82) is 0 Å². The third-order valence-corrected chi connectivity index (χ3v) is 3.45. The molecule has 0 fully saturated rings. The van der Waals surface area contributed by atoms with Gasteiger partial charge in [0.05, 0.1) is 11.2 Å². The fraction of sp³-hybridized carbons (Fsp3) is 0.364. The van der Waals surface area contributed by atoms with Crippen LogP contribution in [0, 0.1) is 11.6 Å². The summed E-state index contributed by atoms with van der Waals surface area (Å²) >= 11 is 1.51. The Bertz CT molecular complexity index is 444. The minimum absolute atomic E-state index is 0.129. The van der Waals surface area contributed by atoms with Crippen LogP contribution in [-0.4, -0.2) is 16.5 Å². The molecule has 1 heterocycles. The maximum Gasteiger partial charge on any atom is 0.161 e. The molecule has 1 aliphatic rings. The predicted molar refractivity (Wildman–Crippen MR) is 64.0 cm³/mol. The minimum atomic E-state index is -0.477. The normalized spacial score (nSPS) is 18.4. The number of amidine groups is 1. The minimum Gasteiger partial charge on any atom is -0.332 e. The van der Waals surface area contributed by atoms with Crippen LogP contribution < -0.4 is 5.32 Å². The molecule has 86 valence electrons. The summed E-state index contributed by atoms with van der Waals surface area (Å²) in [6.07, 6.45) is 0. The molecule has 0 saturated carbocycles. The number of thioether (sulfide) groups is 1. The van der Waals surface area contributed by atoms with E-state index in [1.54, 1.807) is 0 Å². The third kappa shape index (κ3) is 2.52. The molecule has 0 unspecified atom stereocenters. The summed E-state index contributed by atoms with van der Waals surface area (Å²) in [6, 6.07) is 3.32. The molecule has 0 amide bonds. The number of anilines is 1. The number of halogens is 2. The summed E-state index contributed by atoms with van der Waals surface area (Å²) in [4.78, 5) is 4.37.